The summed E-state index contributed by atoms with van der Waals surface area (Å²) >= 11 is 0. The quantitative estimate of drug-likeness (QED) is 0.639. The molecule has 1 saturated heterocycles. The first-order chi connectivity index (χ1) is 9.42. The lowest BCUT2D eigenvalue weighted by molar-refractivity contribution is -0.385. The maximum atomic E-state index is 12.3. The van der Waals surface area contributed by atoms with E-state index >= 15 is 0 Å². The van der Waals surface area contributed by atoms with Crippen LogP contribution in [-0.4, -0.2) is 32.5 Å². The average Bonchev–Trinajstić information content (AvgIpc) is 2.39. The molecule has 1 atom stereocenters. The van der Waals surface area contributed by atoms with Gasteiger partial charge in [0, 0.05) is 24.2 Å². The van der Waals surface area contributed by atoms with Crippen molar-refractivity contribution in [3.63, 3.8) is 0 Å². The van der Waals surface area contributed by atoms with E-state index in [-0.39, 0.29) is 34.6 Å². The minimum atomic E-state index is -3.74. The standard InChI is InChI=1S/C12H17N3O4S.ClH/c1-9-11(15(16)17)5-2-6-12(9)20(18,19)14-10-4-3-7-13-8-10;/h2,5-6,10,13-14H,3-4,7-8H2,1H3;1H. The Morgan fingerprint density at radius 2 is 2.14 bits per heavy atom. The Morgan fingerprint density at radius 3 is 2.71 bits per heavy atom. The summed E-state index contributed by atoms with van der Waals surface area (Å²) in [7, 11) is -3.74. The van der Waals surface area contributed by atoms with Crippen LogP contribution in [0.15, 0.2) is 23.1 Å². The van der Waals surface area contributed by atoms with Crippen LogP contribution < -0.4 is 10.0 Å². The first-order valence-corrected chi connectivity index (χ1v) is 7.87. The third-order valence-corrected chi connectivity index (χ3v) is 5.03. The van der Waals surface area contributed by atoms with Gasteiger partial charge in [-0.2, -0.15) is 0 Å². The van der Waals surface area contributed by atoms with E-state index in [1.165, 1.54) is 25.1 Å². The van der Waals surface area contributed by atoms with Gasteiger partial charge in [-0.05, 0) is 32.4 Å². The summed E-state index contributed by atoms with van der Waals surface area (Å²) in [6, 6.07) is 3.91. The van der Waals surface area contributed by atoms with E-state index in [1.807, 2.05) is 0 Å². The third kappa shape index (κ3) is 4.13. The fourth-order valence-corrected chi connectivity index (χ4v) is 3.86. The summed E-state index contributed by atoms with van der Waals surface area (Å²) in [5.74, 6) is 0. The predicted octanol–water partition coefficient (Wildman–Crippen LogP) is 1.36. The highest BCUT2D eigenvalue weighted by atomic mass is 35.5. The zero-order chi connectivity index (χ0) is 14.8. The molecule has 21 heavy (non-hydrogen) atoms. The summed E-state index contributed by atoms with van der Waals surface area (Å²) in [6.07, 6.45) is 1.67. The van der Waals surface area contributed by atoms with Gasteiger partial charge in [0.1, 0.15) is 0 Å². The highest BCUT2D eigenvalue weighted by Gasteiger charge is 2.26. The molecule has 7 nitrogen and oxygen atoms in total. The number of benzene rings is 1. The van der Waals surface area contributed by atoms with E-state index in [0.29, 0.717) is 6.54 Å². The van der Waals surface area contributed by atoms with Crippen molar-refractivity contribution in [2.75, 3.05) is 13.1 Å². The highest BCUT2D eigenvalue weighted by molar-refractivity contribution is 7.89. The molecule has 0 radical (unpaired) electrons. The molecule has 9 heteroatoms. The van der Waals surface area contributed by atoms with Gasteiger partial charge in [0.2, 0.25) is 10.0 Å². The Bertz CT molecular complexity index is 615. The van der Waals surface area contributed by atoms with Crippen LogP contribution in [0.1, 0.15) is 18.4 Å². The Kier molecular flexibility index (Phi) is 6.09. The lowest BCUT2D eigenvalue weighted by atomic mass is 10.1. The molecule has 2 N–H and O–H groups in total. The molecular formula is C12H18ClN3O4S. The van der Waals surface area contributed by atoms with Crippen LogP contribution in [0.2, 0.25) is 0 Å². The van der Waals surface area contributed by atoms with Crippen LogP contribution in [-0.2, 0) is 10.0 Å². The minimum absolute atomic E-state index is 0. The van der Waals surface area contributed by atoms with Gasteiger partial charge in [-0.3, -0.25) is 10.1 Å². The van der Waals surface area contributed by atoms with Gasteiger partial charge in [-0.25, -0.2) is 13.1 Å². The summed E-state index contributed by atoms with van der Waals surface area (Å²) in [6.45, 7) is 2.91. The van der Waals surface area contributed by atoms with Gasteiger partial charge in [0.15, 0.2) is 0 Å². The molecule has 0 amide bonds. The summed E-state index contributed by atoms with van der Waals surface area (Å²) in [5.41, 5.74) is -0.0246. The van der Waals surface area contributed by atoms with Crippen molar-refractivity contribution in [3.8, 4) is 0 Å². The first kappa shape index (κ1) is 17.8. The van der Waals surface area contributed by atoms with E-state index in [2.05, 4.69) is 10.0 Å². The second-order valence-electron chi connectivity index (χ2n) is 4.82. The van der Waals surface area contributed by atoms with Crippen molar-refractivity contribution in [1.29, 1.82) is 0 Å². The molecule has 1 aliphatic heterocycles. The van der Waals surface area contributed by atoms with Crippen molar-refractivity contribution in [2.24, 2.45) is 0 Å². The molecule has 0 aromatic heterocycles. The average molecular weight is 336 g/mol. The number of sulfonamides is 1. The maximum absolute atomic E-state index is 12.3. The normalized spacial score (nSPS) is 18.8. The van der Waals surface area contributed by atoms with Gasteiger partial charge >= 0.3 is 0 Å². The van der Waals surface area contributed by atoms with Crippen LogP contribution in [0.4, 0.5) is 5.69 Å². The zero-order valence-corrected chi connectivity index (χ0v) is 13.2. The van der Waals surface area contributed by atoms with E-state index < -0.39 is 14.9 Å². The first-order valence-electron chi connectivity index (χ1n) is 6.39. The molecule has 0 aliphatic carbocycles. The molecule has 1 aromatic carbocycles. The molecule has 1 fully saturated rings. The summed E-state index contributed by atoms with van der Waals surface area (Å²) < 4.78 is 27.3. The Morgan fingerprint density at radius 1 is 1.43 bits per heavy atom. The molecule has 118 valence electrons. The van der Waals surface area contributed by atoms with E-state index in [9.17, 15) is 18.5 Å². The number of hydrogen-bond acceptors (Lipinski definition) is 5. The predicted molar refractivity (Wildman–Crippen MR) is 81.3 cm³/mol. The van der Waals surface area contributed by atoms with Crippen molar-refractivity contribution in [1.82, 2.24) is 10.0 Å². The topological polar surface area (TPSA) is 101 Å². The van der Waals surface area contributed by atoms with E-state index in [4.69, 9.17) is 0 Å². The van der Waals surface area contributed by atoms with Crippen LogP contribution in [0.3, 0.4) is 0 Å². The van der Waals surface area contributed by atoms with Crippen molar-refractivity contribution < 1.29 is 13.3 Å². The summed E-state index contributed by atoms with van der Waals surface area (Å²) in [4.78, 5) is 10.3. The Hall–Kier alpha value is -1.22. The molecular weight excluding hydrogens is 318 g/mol. The van der Waals surface area contributed by atoms with Gasteiger partial charge in [0.25, 0.3) is 5.69 Å². The third-order valence-electron chi connectivity index (χ3n) is 3.36. The van der Waals surface area contributed by atoms with Crippen LogP contribution in [0.5, 0.6) is 0 Å². The summed E-state index contributed by atoms with van der Waals surface area (Å²) in [5, 5.41) is 14.0. The fraction of sp³-hybridized carbons (Fsp3) is 0.500. The van der Waals surface area contributed by atoms with Crippen LogP contribution in [0.25, 0.3) is 0 Å². The number of nitro benzene ring substituents is 1. The zero-order valence-electron chi connectivity index (χ0n) is 11.5. The van der Waals surface area contributed by atoms with Gasteiger partial charge in [-0.15, -0.1) is 12.4 Å². The molecule has 1 aliphatic rings. The smallest absolute Gasteiger partial charge is 0.273 e. The molecule has 0 saturated carbocycles. The SMILES string of the molecule is Cc1c([N+](=O)[O-])cccc1S(=O)(=O)NC1CCCNC1.Cl. The molecule has 0 spiro atoms. The highest BCUT2D eigenvalue weighted by Crippen LogP contribution is 2.25. The molecule has 2 rings (SSSR count). The Balaban J connectivity index is 0.00000220. The monoisotopic (exact) mass is 335 g/mol. The van der Waals surface area contributed by atoms with Crippen LogP contribution in [0, 0.1) is 17.0 Å². The van der Waals surface area contributed by atoms with E-state index in [0.717, 1.165) is 19.4 Å². The van der Waals surface area contributed by atoms with E-state index in [1.54, 1.807) is 0 Å². The second kappa shape index (κ2) is 7.17. The molecule has 1 unspecified atom stereocenters. The van der Waals surface area contributed by atoms with Crippen molar-refractivity contribution >= 4 is 28.1 Å². The lowest BCUT2D eigenvalue weighted by Crippen LogP contribution is -2.45. The lowest BCUT2D eigenvalue weighted by Gasteiger charge is -2.23. The number of rotatable bonds is 4. The van der Waals surface area contributed by atoms with Crippen LogP contribution >= 0.6 is 12.4 Å². The van der Waals surface area contributed by atoms with Gasteiger partial charge in [0.05, 0.1) is 9.82 Å². The Labute approximate surface area is 129 Å². The molecule has 1 heterocycles. The number of piperidine rings is 1. The largest absolute Gasteiger partial charge is 0.315 e. The fourth-order valence-electron chi connectivity index (χ4n) is 2.33. The van der Waals surface area contributed by atoms with Gasteiger partial charge < -0.3 is 5.32 Å². The van der Waals surface area contributed by atoms with Gasteiger partial charge in [-0.1, -0.05) is 6.07 Å². The number of halogens is 1. The number of nitrogens with one attached hydrogen (secondary N) is 2. The number of nitro groups is 1. The van der Waals surface area contributed by atoms with Crippen molar-refractivity contribution in [3.05, 3.63) is 33.9 Å². The molecule has 0 bridgehead atoms. The molecule has 1 aromatic rings. The number of hydrogen-bond donors (Lipinski definition) is 2. The second-order valence-corrected chi connectivity index (χ2v) is 6.50. The maximum Gasteiger partial charge on any atom is 0.273 e. The minimum Gasteiger partial charge on any atom is -0.315 e. The van der Waals surface area contributed by atoms with Crippen molar-refractivity contribution in [2.45, 2.75) is 30.7 Å². The number of nitrogens with zero attached hydrogens (tertiary/aromatic N) is 1.